The van der Waals surface area contributed by atoms with Gasteiger partial charge in [0.25, 0.3) is 0 Å². The summed E-state index contributed by atoms with van der Waals surface area (Å²) in [6.45, 7) is 1.36. The predicted molar refractivity (Wildman–Crippen MR) is 245 cm³/mol. The third kappa shape index (κ3) is 6.55. The Balaban J connectivity index is 0.740. The van der Waals surface area contributed by atoms with Crippen molar-refractivity contribution in [1.29, 1.82) is 0 Å². The number of fused-ring (bicyclic) bond motifs is 6. The number of aromatic hydroxyl groups is 2. The van der Waals surface area contributed by atoms with E-state index in [0.29, 0.717) is 13.2 Å². The van der Waals surface area contributed by atoms with Gasteiger partial charge in [0.1, 0.15) is 23.0 Å². The van der Waals surface area contributed by atoms with Crippen LogP contribution in [-0.4, -0.2) is 23.4 Å². The Hall–Kier alpha value is -7.04. The molecule has 2 aliphatic rings. The summed E-state index contributed by atoms with van der Waals surface area (Å²) in [5, 5.41) is 20.4. The van der Waals surface area contributed by atoms with Crippen molar-refractivity contribution in [3.05, 3.63) is 239 Å². The molecule has 0 radical (unpaired) electrons. The highest BCUT2D eigenvalue weighted by Crippen LogP contribution is 2.57. The molecule has 4 heteroatoms. The lowest BCUT2D eigenvalue weighted by Gasteiger charge is -2.34. The summed E-state index contributed by atoms with van der Waals surface area (Å²) < 4.78 is 12.5. The van der Waals surface area contributed by atoms with E-state index in [1.54, 1.807) is 24.3 Å². The first-order valence-corrected chi connectivity index (χ1v) is 21.5. The summed E-state index contributed by atoms with van der Waals surface area (Å²) in [5.41, 5.74) is 13.5. The lowest BCUT2D eigenvalue weighted by molar-refractivity contribution is 0.293. The van der Waals surface area contributed by atoms with Gasteiger partial charge < -0.3 is 19.7 Å². The molecule has 2 aliphatic carbocycles. The molecule has 0 saturated carbocycles. The minimum absolute atomic E-state index is 0.261. The van der Waals surface area contributed by atoms with Gasteiger partial charge in [0.05, 0.1) is 24.0 Å². The molecule has 10 rings (SSSR count). The lowest BCUT2D eigenvalue weighted by atomic mass is 9.68. The maximum atomic E-state index is 10.2. The first-order valence-electron chi connectivity index (χ1n) is 21.5. The number of hydrogen-bond acceptors (Lipinski definition) is 4. The molecule has 8 aromatic carbocycles. The highest BCUT2D eigenvalue weighted by Gasteiger charge is 2.47. The third-order valence-electron chi connectivity index (χ3n) is 12.9. The molecule has 0 bridgehead atoms. The van der Waals surface area contributed by atoms with Crippen LogP contribution >= 0.6 is 0 Å². The molecule has 4 nitrogen and oxygen atoms in total. The maximum Gasteiger partial charge on any atom is 0.119 e. The normalized spacial score (nSPS) is 13.8. The van der Waals surface area contributed by atoms with Crippen LogP contribution in [0.3, 0.4) is 0 Å². The molecule has 0 heterocycles. The standard InChI is InChI=1S/C57H48O4/c58-44-30-22-40(23-31-44)56(52-18-8-4-14-48(52)49-15-5-9-19-53(49)56)42-26-34-46(35-27-42)60-38-12-2-1-3-13-39-61-47-36-28-43(29-37-47)57(41-24-32-45(59)33-25-41)54-20-10-6-16-50(54)51-17-7-11-21-55(51)57/h4-11,14-37,58-59H,1-3,12-13,38-39H2. The first kappa shape index (κ1) is 38.2. The van der Waals surface area contributed by atoms with Crippen LogP contribution in [0.5, 0.6) is 23.0 Å². The van der Waals surface area contributed by atoms with Crippen LogP contribution in [0.2, 0.25) is 0 Å². The molecule has 0 unspecified atom stereocenters. The van der Waals surface area contributed by atoms with E-state index < -0.39 is 10.8 Å². The Morgan fingerprint density at radius 1 is 0.295 bits per heavy atom. The second-order valence-electron chi connectivity index (χ2n) is 16.3. The van der Waals surface area contributed by atoms with Gasteiger partial charge in [0.15, 0.2) is 0 Å². The van der Waals surface area contributed by atoms with Crippen molar-refractivity contribution < 1.29 is 19.7 Å². The van der Waals surface area contributed by atoms with Crippen LogP contribution in [0, 0.1) is 0 Å². The largest absolute Gasteiger partial charge is 0.508 e. The van der Waals surface area contributed by atoms with E-state index in [4.69, 9.17) is 9.47 Å². The van der Waals surface area contributed by atoms with Gasteiger partial charge in [-0.1, -0.05) is 165 Å². The highest BCUT2D eigenvalue weighted by atomic mass is 16.5. The molecule has 0 saturated heterocycles. The SMILES string of the molecule is Oc1ccc(C2(c3ccc(OCCCCCCCOc4ccc(C5(c6ccc(O)cc6)c6ccccc6-c6ccccc65)cc4)cc3)c3ccccc3-c3ccccc32)cc1. The molecule has 0 aromatic heterocycles. The number of rotatable bonds is 14. The zero-order chi connectivity index (χ0) is 41.2. The Labute approximate surface area is 358 Å². The van der Waals surface area contributed by atoms with Gasteiger partial charge in [0, 0.05) is 0 Å². The van der Waals surface area contributed by atoms with E-state index in [9.17, 15) is 10.2 Å². The summed E-state index contributed by atoms with van der Waals surface area (Å²) >= 11 is 0. The van der Waals surface area contributed by atoms with Gasteiger partial charge in [-0.25, -0.2) is 0 Å². The monoisotopic (exact) mass is 796 g/mol. The summed E-state index contributed by atoms with van der Waals surface area (Å²) in [6, 6.07) is 67.3. The minimum atomic E-state index is -0.501. The van der Waals surface area contributed by atoms with Crippen molar-refractivity contribution >= 4 is 0 Å². The highest BCUT2D eigenvalue weighted by molar-refractivity contribution is 5.87. The van der Waals surface area contributed by atoms with Crippen LogP contribution in [-0.2, 0) is 10.8 Å². The van der Waals surface area contributed by atoms with Gasteiger partial charge in [0.2, 0.25) is 0 Å². The zero-order valence-electron chi connectivity index (χ0n) is 34.1. The van der Waals surface area contributed by atoms with Crippen molar-refractivity contribution in [3.8, 4) is 45.3 Å². The number of benzene rings is 8. The summed E-state index contributed by atoms with van der Waals surface area (Å²) in [7, 11) is 0. The summed E-state index contributed by atoms with van der Waals surface area (Å²) in [4.78, 5) is 0. The Morgan fingerprint density at radius 3 is 0.869 bits per heavy atom. The fraction of sp³-hybridized carbons (Fsp3) is 0.158. The average Bonchev–Trinajstić information content (AvgIpc) is 3.78. The van der Waals surface area contributed by atoms with Gasteiger partial charge in [-0.3, -0.25) is 0 Å². The molecular weight excluding hydrogens is 749 g/mol. The molecule has 0 aliphatic heterocycles. The van der Waals surface area contributed by atoms with Crippen LogP contribution < -0.4 is 9.47 Å². The molecule has 0 atom stereocenters. The van der Waals surface area contributed by atoms with E-state index in [2.05, 4.69) is 146 Å². The maximum absolute atomic E-state index is 10.2. The van der Waals surface area contributed by atoms with Crippen molar-refractivity contribution in [3.63, 3.8) is 0 Å². The van der Waals surface area contributed by atoms with E-state index in [1.807, 2.05) is 24.3 Å². The number of phenols is 2. The fourth-order valence-electron chi connectivity index (χ4n) is 10.2. The van der Waals surface area contributed by atoms with Gasteiger partial charge >= 0.3 is 0 Å². The molecule has 300 valence electrons. The Bertz CT molecular complexity index is 2500. The van der Waals surface area contributed by atoms with Crippen molar-refractivity contribution in [1.82, 2.24) is 0 Å². The molecule has 0 spiro atoms. The minimum Gasteiger partial charge on any atom is -0.508 e. The number of phenolic OH excluding ortho intramolecular Hbond substituents is 2. The molecular formula is C57H48O4. The van der Waals surface area contributed by atoms with Crippen LogP contribution in [0.1, 0.15) is 76.6 Å². The van der Waals surface area contributed by atoms with Gasteiger partial charge in [-0.05, 0) is 128 Å². The topological polar surface area (TPSA) is 58.9 Å². The van der Waals surface area contributed by atoms with Crippen molar-refractivity contribution in [2.75, 3.05) is 13.2 Å². The number of unbranched alkanes of at least 4 members (excludes halogenated alkanes) is 4. The van der Waals surface area contributed by atoms with E-state index in [1.165, 1.54) is 55.6 Å². The van der Waals surface area contributed by atoms with Gasteiger partial charge in [-0.15, -0.1) is 0 Å². The van der Waals surface area contributed by atoms with Crippen LogP contribution in [0.15, 0.2) is 194 Å². The molecule has 2 N–H and O–H groups in total. The molecule has 0 fully saturated rings. The second kappa shape index (κ2) is 16.2. The van der Waals surface area contributed by atoms with E-state index >= 15 is 0 Å². The number of ether oxygens (including phenoxy) is 2. The van der Waals surface area contributed by atoms with Gasteiger partial charge in [-0.2, -0.15) is 0 Å². The molecule has 61 heavy (non-hydrogen) atoms. The Kier molecular flexibility index (Phi) is 10.1. The van der Waals surface area contributed by atoms with E-state index in [-0.39, 0.29) is 11.5 Å². The van der Waals surface area contributed by atoms with Crippen molar-refractivity contribution in [2.24, 2.45) is 0 Å². The predicted octanol–water partition coefficient (Wildman–Crippen LogP) is 13.2. The van der Waals surface area contributed by atoms with Crippen LogP contribution in [0.25, 0.3) is 22.3 Å². The van der Waals surface area contributed by atoms with Crippen LogP contribution in [0.4, 0.5) is 0 Å². The second-order valence-corrected chi connectivity index (χ2v) is 16.3. The smallest absolute Gasteiger partial charge is 0.119 e. The zero-order valence-corrected chi connectivity index (χ0v) is 34.1. The third-order valence-corrected chi connectivity index (χ3v) is 12.9. The molecule has 8 aromatic rings. The first-order chi connectivity index (χ1) is 30.1. The summed E-state index contributed by atoms with van der Waals surface area (Å²) in [5.74, 6) is 2.27. The number of hydrogen-bond donors (Lipinski definition) is 2. The van der Waals surface area contributed by atoms with E-state index in [0.717, 1.165) is 54.7 Å². The summed E-state index contributed by atoms with van der Waals surface area (Å²) in [6.07, 6.45) is 5.33. The Morgan fingerprint density at radius 2 is 0.557 bits per heavy atom. The average molecular weight is 797 g/mol. The lowest BCUT2D eigenvalue weighted by Crippen LogP contribution is -2.28. The fourth-order valence-corrected chi connectivity index (χ4v) is 10.2. The van der Waals surface area contributed by atoms with Crippen molar-refractivity contribution in [2.45, 2.75) is 42.9 Å². The quantitative estimate of drug-likeness (QED) is 0.108. The molecule has 0 amide bonds.